The van der Waals surface area contributed by atoms with Gasteiger partial charge < -0.3 is 13.8 Å². The summed E-state index contributed by atoms with van der Waals surface area (Å²) in [5.74, 6) is 2.57. The second-order valence-corrected chi connectivity index (χ2v) is 6.88. The van der Waals surface area contributed by atoms with E-state index in [0.717, 1.165) is 35.9 Å². The molecule has 0 N–H and O–H groups in total. The predicted molar refractivity (Wildman–Crippen MR) is 100 cm³/mol. The lowest BCUT2D eigenvalue weighted by Gasteiger charge is -2.10. The number of ether oxygens (including phenoxy) is 1. The molecule has 3 aromatic rings. The summed E-state index contributed by atoms with van der Waals surface area (Å²) < 4.78 is 12.5. The maximum absolute atomic E-state index is 6.35. The van der Waals surface area contributed by atoms with Crippen molar-refractivity contribution in [3.63, 3.8) is 0 Å². The molecule has 0 bridgehead atoms. The number of aromatic nitrogens is 5. The summed E-state index contributed by atoms with van der Waals surface area (Å²) in [4.78, 5) is 4.33. The van der Waals surface area contributed by atoms with E-state index >= 15 is 0 Å². The molecule has 138 valence electrons. The zero-order valence-electron chi connectivity index (χ0n) is 14.7. The average molecular weight is 394 g/mol. The molecule has 0 aliphatic heterocycles. The fourth-order valence-electron chi connectivity index (χ4n) is 2.42. The summed E-state index contributed by atoms with van der Waals surface area (Å²) in [7, 11) is 1.69. The van der Waals surface area contributed by atoms with Crippen molar-refractivity contribution in [3.8, 4) is 11.4 Å². The Morgan fingerprint density at radius 1 is 1.27 bits per heavy atom. The number of thioether (sulfide) groups is 1. The third kappa shape index (κ3) is 4.44. The maximum Gasteiger partial charge on any atom is 0.237 e. The topological polar surface area (TPSA) is 78.9 Å². The predicted octanol–water partition coefficient (Wildman–Crippen LogP) is 3.87. The number of methoxy groups -OCH3 is 1. The van der Waals surface area contributed by atoms with Crippen LogP contribution in [0.15, 0.2) is 33.9 Å². The fourth-order valence-corrected chi connectivity index (χ4v) is 3.45. The molecule has 0 saturated heterocycles. The van der Waals surface area contributed by atoms with Crippen LogP contribution in [0.2, 0.25) is 5.02 Å². The molecule has 0 fully saturated rings. The highest BCUT2D eigenvalue weighted by Crippen LogP contribution is 2.30. The molecule has 2 aromatic heterocycles. The molecule has 0 aliphatic rings. The molecule has 7 nitrogen and oxygen atoms in total. The van der Waals surface area contributed by atoms with E-state index in [2.05, 4.69) is 24.9 Å². The van der Waals surface area contributed by atoms with Crippen molar-refractivity contribution in [2.45, 2.75) is 37.2 Å². The zero-order valence-corrected chi connectivity index (χ0v) is 16.3. The lowest BCUT2D eigenvalue weighted by molar-refractivity contribution is 0.189. The zero-order chi connectivity index (χ0) is 18.4. The van der Waals surface area contributed by atoms with Gasteiger partial charge in [-0.05, 0) is 18.6 Å². The summed E-state index contributed by atoms with van der Waals surface area (Å²) in [6, 6.07) is 7.63. The van der Waals surface area contributed by atoms with Crippen LogP contribution in [0, 0.1) is 0 Å². The minimum atomic E-state index is 0.540. The Balaban J connectivity index is 1.83. The van der Waals surface area contributed by atoms with Crippen LogP contribution in [0.4, 0.5) is 0 Å². The second kappa shape index (κ2) is 9.16. The van der Waals surface area contributed by atoms with Gasteiger partial charge in [0.2, 0.25) is 5.89 Å². The van der Waals surface area contributed by atoms with E-state index in [-0.39, 0.29) is 0 Å². The van der Waals surface area contributed by atoms with Gasteiger partial charge in [0.25, 0.3) is 0 Å². The van der Waals surface area contributed by atoms with Crippen molar-refractivity contribution in [1.29, 1.82) is 0 Å². The first-order valence-electron chi connectivity index (χ1n) is 8.34. The highest BCUT2D eigenvalue weighted by Gasteiger charge is 2.17. The first kappa shape index (κ1) is 18.9. The van der Waals surface area contributed by atoms with Gasteiger partial charge in [0.05, 0.1) is 10.8 Å². The molecule has 3 rings (SSSR count). The summed E-state index contributed by atoms with van der Waals surface area (Å²) >= 11 is 7.86. The van der Waals surface area contributed by atoms with E-state index in [4.69, 9.17) is 20.9 Å². The molecule has 0 atom stereocenters. The summed E-state index contributed by atoms with van der Waals surface area (Å²) in [6.07, 6.45) is 1.60. The summed E-state index contributed by atoms with van der Waals surface area (Å²) in [6.45, 7) is 3.38. The minimum Gasteiger partial charge on any atom is -0.385 e. The Morgan fingerprint density at radius 3 is 2.85 bits per heavy atom. The van der Waals surface area contributed by atoms with E-state index in [1.54, 1.807) is 7.11 Å². The van der Waals surface area contributed by atoms with Gasteiger partial charge in [0.1, 0.15) is 0 Å². The Hall–Kier alpha value is -1.90. The number of hydrogen-bond donors (Lipinski definition) is 0. The van der Waals surface area contributed by atoms with Gasteiger partial charge in [-0.15, -0.1) is 10.2 Å². The lowest BCUT2D eigenvalue weighted by Crippen LogP contribution is -2.05. The molecule has 26 heavy (non-hydrogen) atoms. The molecular formula is C17H20ClN5O2S. The summed E-state index contributed by atoms with van der Waals surface area (Å²) in [5.41, 5.74) is 0.858. The van der Waals surface area contributed by atoms with Gasteiger partial charge in [-0.1, -0.05) is 47.6 Å². The highest BCUT2D eigenvalue weighted by molar-refractivity contribution is 7.98. The van der Waals surface area contributed by atoms with Crippen LogP contribution in [0.3, 0.4) is 0 Å². The molecule has 0 saturated carbocycles. The SMILES string of the molecule is CCc1noc(CSc2nnc(-c3ccccc3Cl)n2CCCOC)n1. The molecular weight excluding hydrogens is 374 g/mol. The van der Waals surface area contributed by atoms with Gasteiger partial charge in [-0.2, -0.15) is 4.98 Å². The number of hydrogen-bond acceptors (Lipinski definition) is 7. The monoisotopic (exact) mass is 393 g/mol. The van der Waals surface area contributed by atoms with E-state index in [9.17, 15) is 0 Å². The Bertz CT molecular complexity index is 851. The average Bonchev–Trinajstić information content (AvgIpc) is 3.27. The standard InChI is InChI=1S/C17H20ClN5O2S/c1-3-14-19-15(25-22-14)11-26-17-21-20-16(23(17)9-6-10-24-2)12-7-4-5-8-13(12)18/h4-5,7-8H,3,6,9-11H2,1-2H3. The molecule has 2 heterocycles. The van der Waals surface area contributed by atoms with Crippen LogP contribution in [0.25, 0.3) is 11.4 Å². The molecule has 9 heteroatoms. The number of aryl methyl sites for hydroxylation is 1. The van der Waals surface area contributed by atoms with Crippen LogP contribution >= 0.6 is 23.4 Å². The van der Waals surface area contributed by atoms with E-state index < -0.39 is 0 Å². The van der Waals surface area contributed by atoms with Crippen molar-refractivity contribution >= 4 is 23.4 Å². The largest absolute Gasteiger partial charge is 0.385 e. The van der Waals surface area contributed by atoms with Gasteiger partial charge in [0.15, 0.2) is 16.8 Å². The van der Waals surface area contributed by atoms with E-state index in [1.165, 1.54) is 11.8 Å². The maximum atomic E-state index is 6.35. The number of halogens is 1. The first-order chi connectivity index (χ1) is 12.7. The van der Waals surface area contributed by atoms with Crippen LogP contribution in [-0.4, -0.2) is 38.6 Å². The van der Waals surface area contributed by atoms with Crippen LogP contribution in [0.1, 0.15) is 25.1 Å². The van der Waals surface area contributed by atoms with E-state index in [0.29, 0.717) is 29.1 Å². The third-order valence-electron chi connectivity index (χ3n) is 3.71. The molecule has 0 unspecified atom stereocenters. The Labute approximate surface area is 161 Å². The van der Waals surface area contributed by atoms with Crippen molar-refractivity contribution in [3.05, 3.63) is 41.0 Å². The minimum absolute atomic E-state index is 0.540. The van der Waals surface area contributed by atoms with Crippen LogP contribution in [0.5, 0.6) is 0 Å². The van der Waals surface area contributed by atoms with Gasteiger partial charge in [-0.3, -0.25) is 0 Å². The smallest absolute Gasteiger partial charge is 0.237 e. The summed E-state index contributed by atoms with van der Waals surface area (Å²) in [5, 5.41) is 14.1. The molecule has 0 radical (unpaired) electrons. The molecule has 1 aromatic carbocycles. The van der Waals surface area contributed by atoms with Crippen molar-refractivity contribution in [1.82, 2.24) is 24.9 Å². The lowest BCUT2D eigenvalue weighted by atomic mass is 10.2. The van der Waals surface area contributed by atoms with Crippen molar-refractivity contribution in [2.75, 3.05) is 13.7 Å². The second-order valence-electron chi connectivity index (χ2n) is 5.53. The van der Waals surface area contributed by atoms with Gasteiger partial charge in [0, 0.05) is 32.2 Å². The molecule has 0 spiro atoms. The first-order valence-corrected chi connectivity index (χ1v) is 9.70. The quantitative estimate of drug-likeness (QED) is 0.403. The Kier molecular flexibility index (Phi) is 6.65. The van der Waals surface area contributed by atoms with Crippen molar-refractivity contribution < 1.29 is 9.26 Å². The molecule has 0 aliphatic carbocycles. The van der Waals surface area contributed by atoms with Crippen molar-refractivity contribution in [2.24, 2.45) is 0 Å². The number of rotatable bonds is 9. The molecule has 0 amide bonds. The number of benzene rings is 1. The van der Waals surface area contributed by atoms with Gasteiger partial charge in [-0.25, -0.2) is 0 Å². The van der Waals surface area contributed by atoms with Crippen LogP contribution in [-0.2, 0) is 23.5 Å². The third-order valence-corrected chi connectivity index (χ3v) is 4.99. The normalized spacial score (nSPS) is 11.2. The van der Waals surface area contributed by atoms with Crippen LogP contribution < -0.4 is 0 Å². The van der Waals surface area contributed by atoms with Gasteiger partial charge >= 0.3 is 0 Å². The Morgan fingerprint density at radius 2 is 2.12 bits per heavy atom. The fraction of sp³-hybridized carbons (Fsp3) is 0.412. The highest BCUT2D eigenvalue weighted by atomic mass is 35.5. The number of nitrogens with zero attached hydrogens (tertiary/aromatic N) is 5. The van der Waals surface area contributed by atoms with E-state index in [1.807, 2.05) is 31.2 Å².